The lowest BCUT2D eigenvalue weighted by atomic mass is 9.95. The highest BCUT2D eigenvalue weighted by molar-refractivity contribution is 9.11. The van der Waals surface area contributed by atoms with Crippen LogP contribution in [0.2, 0.25) is 0 Å². The number of nitrogens with two attached hydrogens (primary N) is 1. The first-order valence-corrected chi connectivity index (χ1v) is 9.88. The Morgan fingerprint density at radius 2 is 1.62 bits per heavy atom. The van der Waals surface area contributed by atoms with Crippen LogP contribution in [0.15, 0.2) is 45.3 Å². The van der Waals surface area contributed by atoms with Crippen LogP contribution in [0.1, 0.15) is 17.2 Å². The first-order valence-electron chi connectivity index (χ1n) is 8.29. The molecule has 0 radical (unpaired) electrons. The molecule has 1 aliphatic rings. The lowest BCUT2D eigenvalue weighted by Gasteiger charge is -2.36. The Morgan fingerprint density at radius 1 is 1.03 bits per heavy atom. The molecule has 0 amide bonds. The molecule has 162 valence electrons. The van der Waals surface area contributed by atoms with Gasteiger partial charge in [0.1, 0.15) is 5.75 Å². The molecule has 1 saturated heterocycles. The molecule has 0 bridgehead atoms. The van der Waals surface area contributed by atoms with Crippen molar-refractivity contribution in [2.24, 2.45) is 0 Å². The van der Waals surface area contributed by atoms with Crippen molar-refractivity contribution >= 4 is 62.4 Å². The van der Waals surface area contributed by atoms with Crippen LogP contribution < -0.4 is 15.8 Å². The molecule has 1 aliphatic heterocycles. The molecule has 0 saturated carbocycles. The number of nitrogens with one attached hydrogen (secondary N) is 1. The van der Waals surface area contributed by atoms with Gasteiger partial charge in [0.05, 0.1) is 11.7 Å². The van der Waals surface area contributed by atoms with Crippen molar-refractivity contribution in [1.82, 2.24) is 10.2 Å². The Morgan fingerprint density at radius 3 is 2.17 bits per heavy atom. The molecule has 0 aliphatic carbocycles. The third kappa shape index (κ3) is 6.90. The fraction of sp³-hybridized carbons (Fsp3) is 0.333. The van der Waals surface area contributed by atoms with Gasteiger partial charge in [0, 0.05) is 35.1 Å². The lowest BCUT2D eigenvalue weighted by molar-refractivity contribution is -0.274. The van der Waals surface area contributed by atoms with Crippen LogP contribution in [0.5, 0.6) is 5.75 Å². The standard InChI is InChI=1S/C18H18Br2F3N3O.2ClH/c19-12-9-14(16(24)15(20)10-12)17(26-7-5-25-6-8-26)11-1-3-13(4-2-11)27-18(21,22)23;;/h1-4,9-10,17,25H,5-8,24H2;2*1H/t17-;;/m0../s1. The number of anilines is 1. The maximum Gasteiger partial charge on any atom is 0.573 e. The topological polar surface area (TPSA) is 50.5 Å². The number of ether oxygens (including phenoxy) is 1. The van der Waals surface area contributed by atoms with Crippen molar-refractivity contribution in [1.29, 1.82) is 0 Å². The summed E-state index contributed by atoms with van der Waals surface area (Å²) in [4.78, 5) is 2.26. The molecule has 0 aromatic heterocycles. The smallest absolute Gasteiger partial charge is 0.406 e. The van der Waals surface area contributed by atoms with Gasteiger partial charge in [0.25, 0.3) is 0 Å². The van der Waals surface area contributed by atoms with E-state index in [0.29, 0.717) is 5.69 Å². The van der Waals surface area contributed by atoms with Gasteiger partial charge in [0.15, 0.2) is 0 Å². The third-order valence-corrected chi connectivity index (χ3v) is 5.48. The van der Waals surface area contributed by atoms with Gasteiger partial charge in [0.2, 0.25) is 0 Å². The maximum absolute atomic E-state index is 12.4. The van der Waals surface area contributed by atoms with Gasteiger partial charge in [-0.1, -0.05) is 28.1 Å². The number of piperazine rings is 1. The number of halogens is 7. The molecule has 11 heteroatoms. The summed E-state index contributed by atoms with van der Waals surface area (Å²) in [5, 5.41) is 3.31. The summed E-state index contributed by atoms with van der Waals surface area (Å²) < 4.78 is 42.9. The fourth-order valence-corrected chi connectivity index (χ4v) is 4.47. The summed E-state index contributed by atoms with van der Waals surface area (Å²) in [5.74, 6) is -0.242. The van der Waals surface area contributed by atoms with E-state index in [2.05, 4.69) is 46.8 Å². The quantitative estimate of drug-likeness (QED) is 0.466. The van der Waals surface area contributed by atoms with Gasteiger partial charge in [-0.15, -0.1) is 38.0 Å². The van der Waals surface area contributed by atoms with E-state index in [9.17, 15) is 13.2 Å². The van der Waals surface area contributed by atoms with E-state index in [0.717, 1.165) is 46.3 Å². The van der Waals surface area contributed by atoms with Crippen LogP contribution in [0.25, 0.3) is 0 Å². The van der Waals surface area contributed by atoms with Crippen LogP contribution in [0.4, 0.5) is 18.9 Å². The molecule has 3 N–H and O–H groups in total. The summed E-state index contributed by atoms with van der Waals surface area (Å²) in [6.45, 7) is 3.27. The lowest BCUT2D eigenvalue weighted by Crippen LogP contribution is -2.45. The van der Waals surface area contributed by atoms with Gasteiger partial charge in [-0.25, -0.2) is 0 Å². The van der Waals surface area contributed by atoms with Crippen LogP contribution >= 0.6 is 56.7 Å². The Bertz CT molecular complexity index is 804. The monoisotopic (exact) mass is 579 g/mol. The van der Waals surface area contributed by atoms with Gasteiger partial charge in [-0.3, -0.25) is 4.90 Å². The highest BCUT2D eigenvalue weighted by Crippen LogP contribution is 2.38. The molecule has 0 spiro atoms. The zero-order chi connectivity index (χ0) is 19.6. The Balaban J connectivity index is 0.00000210. The number of hydrogen-bond donors (Lipinski definition) is 2. The van der Waals surface area contributed by atoms with Crippen LogP contribution in [0.3, 0.4) is 0 Å². The summed E-state index contributed by atoms with van der Waals surface area (Å²) in [6.07, 6.45) is -4.71. The fourth-order valence-electron chi connectivity index (χ4n) is 3.21. The average Bonchev–Trinajstić information content (AvgIpc) is 2.60. The van der Waals surface area contributed by atoms with Crippen LogP contribution in [-0.2, 0) is 0 Å². The molecular formula is C18H20Br2Cl2F3N3O. The number of nitrogen functional groups attached to an aromatic ring is 1. The Hall–Kier alpha value is -0.710. The van der Waals surface area contributed by atoms with E-state index in [1.165, 1.54) is 12.1 Å². The van der Waals surface area contributed by atoms with E-state index < -0.39 is 6.36 Å². The molecule has 1 heterocycles. The molecule has 2 aromatic carbocycles. The summed E-state index contributed by atoms with van der Waals surface area (Å²) in [7, 11) is 0. The normalized spacial score (nSPS) is 15.8. The number of benzene rings is 2. The third-order valence-electron chi connectivity index (χ3n) is 4.37. The molecule has 3 rings (SSSR count). The highest BCUT2D eigenvalue weighted by Gasteiger charge is 2.31. The number of alkyl halides is 3. The van der Waals surface area contributed by atoms with Crippen molar-refractivity contribution < 1.29 is 17.9 Å². The van der Waals surface area contributed by atoms with Gasteiger partial charge >= 0.3 is 6.36 Å². The number of rotatable bonds is 4. The zero-order valence-corrected chi connectivity index (χ0v) is 19.8. The summed E-state index contributed by atoms with van der Waals surface area (Å²) in [6, 6.07) is 9.62. The zero-order valence-electron chi connectivity index (χ0n) is 15.0. The first kappa shape index (κ1) is 26.3. The molecule has 29 heavy (non-hydrogen) atoms. The maximum atomic E-state index is 12.4. The SMILES string of the molecule is Cl.Cl.Nc1c(Br)cc(Br)cc1[C@H](c1ccc(OC(F)(F)F)cc1)N1CCNCC1. The van der Waals surface area contributed by atoms with E-state index in [-0.39, 0.29) is 36.6 Å². The molecule has 0 unspecified atom stereocenters. The second-order valence-corrected chi connectivity index (χ2v) is 7.97. The molecule has 4 nitrogen and oxygen atoms in total. The van der Waals surface area contributed by atoms with Crippen LogP contribution in [-0.4, -0.2) is 37.4 Å². The van der Waals surface area contributed by atoms with Crippen molar-refractivity contribution in [3.8, 4) is 5.75 Å². The second-order valence-electron chi connectivity index (χ2n) is 6.20. The van der Waals surface area contributed by atoms with Gasteiger partial charge in [-0.05, 0) is 51.3 Å². The van der Waals surface area contributed by atoms with Crippen molar-refractivity contribution in [2.45, 2.75) is 12.4 Å². The van der Waals surface area contributed by atoms with E-state index >= 15 is 0 Å². The Labute approximate surface area is 196 Å². The average molecular weight is 582 g/mol. The molecule has 2 aromatic rings. The largest absolute Gasteiger partial charge is 0.573 e. The predicted octanol–water partition coefficient (Wildman–Crippen LogP) is 5.53. The second kappa shape index (κ2) is 11.1. The number of hydrogen-bond acceptors (Lipinski definition) is 4. The minimum Gasteiger partial charge on any atom is -0.406 e. The molecular weight excluding hydrogens is 562 g/mol. The van der Waals surface area contributed by atoms with E-state index in [1.807, 2.05) is 12.1 Å². The Kier molecular flexibility index (Phi) is 10.0. The summed E-state index contributed by atoms with van der Waals surface area (Å²) in [5.41, 5.74) is 8.68. The van der Waals surface area contributed by atoms with E-state index in [4.69, 9.17) is 5.73 Å². The van der Waals surface area contributed by atoms with Crippen molar-refractivity contribution in [3.05, 3.63) is 56.5 Å². The van der Waals surface area contributed by atoms with Crippen molar-refractivity contribution in [2.75, 3.05) is 31.9 Å². The van der Waals surface area contributed by atoms with Crippen molar-refractivity contribution in [3.63, 3.8) is 0 Å². The summed E-state index contributed by atoms with van der Waals surface area (Å²) >= 11 is 6.97. The van der Waals surface area contributed by atoms with Crippen LogP contribution in [0, 0.1) is 0 Å². The van der Waals surface area contributed by atoms with Gasteiger partial charge < -0.3 is 15.8 Å². The predicted molar refractivity (Wildman–Crippen MR) is 120 cm³/mol. The highest BCUT2D eigenvalue weighted by atomic mass is 79.9. The molecule has 1 atom stereocenters. The molecule has 1 fully saturated rings. The van der Waals surface area contributed by atoms with E-state index in [1.54, 1.807) is 12.1 Å². The van der Waals surface area contributed by atoms with Gasteiger partial charge in [-0.2, -0.15) is 0 Å². The first-order chi connectivity index (χ1) is 12.7. The minimum atomic E-state index is -4.71. The minimum absolute atomic E-state index is 0. The number of nitrogens with zero attached hydrogens (tertiary/aromatic N) is 1.